The Morgan fingerprint density at radius 2 is 2.17 bits per heavy atom. The number of benzene rings is 1. The summed E-state index contributed by atoms with van der Waals surface area (Å²) < 4.78 is 0. The standard InChI is InChI=1S/C14H20N2O2/c1-2-14(7-8-15-10-14)13(18)16-9-11-3-5-12(17)6-4-11/h3-6,15,17H,2,7-10H2,1H3,(H,16,18). The molecule has 1 aromatic rings. The Kier molecular flexibility index (Phi) is 3.87. The molecule has 1 saturated heterocycles. The fraction of sp³-hybridized carbons (Fsp3) is 0.500. The maximum absolute atomic E-state index is 12.2. The van der Waals surface area contributed by atoms with Gasteiger partial charge in [-0.15, -0.1) is 0 Å². The number of aromatic hydroxyl groups is 1. The smallest absolute Gasteiger partial charge is 0.227 e. The molecule has 1 fully saturated rings. The van der Waals surface area contributed by atoms with Crippen LogP contribution in [0, 0.1) is 5.41 Å². The molecule has 4 heteroatoms. The van der Waals surface area contributed by atoms with Crippen LogP contribution in [-0.2, 0) is 11.3 Å². The van der Waals surface area contributed by atoms with E-state index < -0.39 is 0 Å². The van der Waals surface area contributed by atoms with E-state index in [4.69, 9.17) is 0 Å². The van der Waals surface area contributed by atoms with E-state index in [0.717, 1.165) is 31.5 Å². The molecule has 2 rings (SSSR count). The largest absolute Gasteiger partial charge is 0.508 e. The van der Waals surface area contributed by atoms with Gasteiger partial charge in [0.05, 0.1) is 5.41 Å². The summed E-state index contributed by atoms with van der Waals surface area (Å²) in [6, 6.07) is 6.91. The van der Waals surface area contributed by atoms with Crippen molar-refractivity contribution < 1.29 is 9.90 Å². The Balaban J connectivity index is 1.93. The minimum Gasteiger partial charge on any atom is -0.508 e. The Bertz CT molecular complexity index is 408. The normalized spacial score (nSPS) is 22.9. The van der Waals surface area contributed by atoms with Crippen LogP contribution in [0.3, 0.4) is 0 Å². The SMILES string of the molecule is CCC1(C(=O)NCc2ccc(O)cc2)CCNC1. The monoisotopic (exact) mass is 248 g/mol. The van der Waals surface area contributed by atoms with E-state index in [0.29, 0.717) is 6.54 Å². The second kappa shape index (κ2) is 5.40. The van der Waals surface area contributed by atoms with Crippen LogP contribution in [0.1, 0.15) is 25.3 Å². The molecule has 1 heterocycles. The average molecular weight is 248 g/mol. The molecule has 0 spiro atoms. The summed E-state index contributed by atoms with van der Waals surface area (Å²) in [5.41, 5.74) is 0.759. The van der Waals surface area contributed by atoms with Gasteiger partial charge in [0, 0.05) is 13.1 Å². The van der Waals surface area contributed by atoms with Crippen molar-refractivity contribution >= 4 is 5.91 Å². The van der Waals surface area contributed by atoms with Crippen LogP contribution in [0.25, 0.3) is 0 Å². The fourth-order valence-corrected chi connectivity index (χ4v) is 2.38. The number of carbonyl (C=O) groups excluding carboxylic acids is 1. The van der Waals surface area contributed by atoms with Gasteiger partial charge in [0.2, 0.25) is 5.91 Å². The number of carbonyl (C=O) groups is 1. The summed E-state index contributed by atoms with van der Waals surface area (Å²) in [7, 11) is 0. The fourth-order valence-electron chi connectivity index (χ4n) is 2.38. The lowest BCUT2D eigenvalue weighted by Crippen LogP contribution is -2.41. The van der Waals surface area contributed by atoms with Gasteiger partial charge < -0.3 is 15.7 Å². The van der Waals surface area contributed by atoms with Crippen LogP contribution in [-0.4, -0.2) is 24.1 Å². The molecule has 0 aromatic heterocycles. The van der Waals surface area contributed by atoms with Gasteiger partial charge in [0.15, 0.2) is 0 Å². The quantitative estimate of drug-likeness (QED) is 0.754. The van der Waals surface area contributed by atoms with Crippen LogP contribution in [0.2, 0.25) is 0 Å². The Labute approximate surface area is 107 Å². The molecule has 1 aliphatic heterocycles. The molecule has 98 valence electrons. The molecule has 1 aromatic carbocycles. The highest BCUT2D eigenvalue weighted by Gasteiger charge is 2.39. The van der Waals surface area contributed by atoms with Crippen LogP contribution >= 0.6 is 0 Å². The second-order valence-electron chi connectivity index (χ2n) is 4.91. The van der Waals surface area contributed by atoms with Crippen LogP contribution in [0.5, 0.6) is 5.75 Å². The zero-order valence-corrected chi connectivity index (χ0v) is 10.7. The van der Waals surface area contributed by atoms with Crippen LogP contribution < -0.4 is 10.6 Å². The summed E-state index contributed by atoms with van der Waals surface area (Å²) in [5.74, 6) is 0.373. The van der Waals surface area contributed by atoms with E-state index >= 15 is 0 Å². The second-order valence-corrected chi connectivity index (χ2v) is 4.91. The predicted molar refractivity (Wildman–Crippen MR) is 70.2 cm³/mol. The van der Waals surface area contributed by atoms with Gasteiger partial charge in [-0.2, -0.15) is 0 Å². The molecule has 1 unspecified atom stereocenters. The number of nitrogens with one attached hydrogen (secondary N) is 2. The first-order valence-corrected chi connectivity index (χ1v) is 6.43. The molecule has 18 heavy (non-hydrogen) atoms. The van der Waals surface area contributed by atoms with E-state index in [9.17, 15) is 9.90 Å². The average Bonchev–Trinajstić information content (AvgIpc) is 2.88. The lowest BCUT2D eigenvalue weighted by atomic mass is 9.83. The van der Waals surface area contributed by atoms with Gasteiger partial charge in [-0.25, -0.2) is 0 Å². The van der Waals surface area contributed by atoms with Crippen LogP contribution in [0.15, 0.2) is 24.3 Å². The van der Waals surface area contributed by atoms with Crippen molar-refractivity contribution in [1.29, 1.82) is 0 Å². The predicted octanol–water partition coefficient (Wildman–Crippen LogP) is 1.40. The molecule has 1 atom stereocenters. The van der Waals surface area contributed by atoms with Crippen molar-refractivity contribution in [3.63, 3.8) is 0 Å². The van der Waals surface area contributed by atoms with E-state index in [1.807, 2.05) is 12.1 Å². The molecular weight excluding hydrogens is 228 g/mol. The van der Waals surface area contributed by atoms with Crippen molar-refractivity contribution in [2.45, 2.75) is 26.3 Å². The molecule has 0 aliphatic carbocycles. The highest BCUT2D eigenvalue weighted by Crippen LogP contribution is 2.29. The first kappa shape index (κ1) is 12.9. The zero-order chi connectivity index (χ0) is 13.0. The third-order valence-corrected chi connectivity index (χ3v) is 3.79. The third-order valence-electron chi connectivity index (χ3n) is 3.79. The summed E-state index contributed by atoms with van der Waals surface area (Å²) in [5, 5.41) is 15.4. The topological polar surface area (TPSA) is 61.4 Å². The maximum atomic E-state index is 12.2. The molecule has 0 bridgehead atoms. The van der Waals surface area contributed by atoms with Gasteiger partial charge in [-0.3, -0.25) is 4.79 Å². The zero-order valence-electron chi connectivity index (χ0n) is 10.7. The third kappa shape index (κ3) is 2.64. The molecule has 1 amide bonds. The Morgan fingerprint density at radius 1 is 1.44 bits per heavy atom. The van der Waals surface area contributed by atoms with Gasteiger partial charge >= 0.3 is 0 Å². The van der Waals surface area contributed by atoms with E-state index in [1.165, 1.54) is 0 Å². The van der Waals surface area contributed by atoms with E-state index in [2.05, 4.69) is 17.6 Å². The van der Waals surface area contributed by atoms with Gasteiger partial charge in [-0.1, -0.05) is 19.1 Å². The number of phenolic OH excluding ortho intramolecular Hbond substituents is 1. The van der Waals surface area contributed by atoms with Crippen molar-refractivity contribution in [2.24, 2.45) is 5.41 Å². The van der Waals surface area contributed by atoms with Gasteiger partial charge in [0.1, 0.15) is 5.75 Å². The van der Waals surface area contributed by atoms with Crippen molar-refractivity contribution in [2.75, 3.05) is 13.1 Å². The first-order valence-electron chi connectivity index (χ1n) is 6.43. The minimum atomic E-state index is -0.239. The number of amides is 1. The number of hydrogen-bond acceptors (Lipinski definition) is 3. The number of phenols is 1. The van der Waals surface area contributed by atoms with E-state index in [-0.39, 0.29) is 17.1 Å². The molecule has 3 N–H and O–H groups in total. The van der Waals surface area contributed by atoms with Crippen molar-refractivity contribution in [3.05, 3.63) is 29.8 Å². The first-order chi connectivity index (χ1) is 8.66. The summed E-state index contributed by atoms with van der Waals surface area (Å²) >= 11 is 0. The van der Waals surface area contributed by atoms with Gasteiger partial charge in [0.25, 0.3) is 0 Å². The van der Waals surface area contributed by atoms with Crippen molar-refractivity contribution in [1.82, 2.24) is 10.6 Å². The minimum absolute atomic E-state index is 0.128. The Hall–Kier alpha value is -1.55. The lowest BCUT2D eigenvalue weighted by molar-refractivity contribution is -0.130. The van der Waals surface area contributed by atoms with Gasteiger partial charge in [-0.05, 0) is 37.1 Å². The summed E-state index contributed by atoms with van der Waals surface area (Å²) in [6.45, 7) is 4.26. The molecule has 0 saturated carbocycles. The molecule has 1 aliphatic rings. The molecular formula is C14H20N2O2. The van der Waals surface area contributed by atoms with Crippen LogP contribution in [0.4, 0.5) is 0 Å². The molecule has 0 radical (unpaired) electrons. The summed E-state index contributed by atoms with van der Waals surface area (Å²) in [4.78, 5) is 12.2. The summed E-state index contributed by atoms with van der Waals surface area (Å²) in [6.07, 6.45) is 1.77. The lowest BCUT2D eigenvalue weighted by Gasteiger charge is -2.25. The Morgan fingerprint density at radius 3 is 2.72 bits per heavy atom. The highest BCUT2D eigenvalue weighted by atomic mass is 16.3. The highest BCUT2D eigenvalue weighted by molar-refractivity contribution is 5.83. The maximum Gasteiger partial charge on any atom is 0.227 e. The number of hydrogen-bond donors (Lipinski definition) is 3. The van der Waals surface area contributed by atoms with Crippen molar-refractivity contribution in [3.8, 4) is 5.75 Å². The van der Waals surface area contributed by atoms with E-state index in [1.54, 1.807) is 12.1 Å². The number of rotatable bonds is 4. The molecule has 4 nitrogen and oxygen atoms in total.